The van der Waals surface area contributed by atoms with E-state index in [0.29, 0.717) is 12.6 Å². The number of para-hydroxylation sites is 1. The molecule has 0 spiro atoms. The van der Waals surface area contributed by atoms with E-state index in [1.165, 1.54) is 18.2 Å². The second-order valence-electron chi connectivity index (χ2n) is 5.19. The number of benzene rings is 1. The molecule has 0 saturated carbocycles. The zero-order chi connectivity index (χ0) is 15.5. The van der Waals surface area contributed by atoms with Crippen LogP contribution in [0.2, 0.25) is 0 Å². The van der Waals surface area contributed by atoms with Gasteiger partial charge in [-0.1, -0.05) is 6.07 Å². The molecule has 1 aliphatic heterocycles. The average Bonchev–Trinajstić information content (AvgIpc) is 2.90. The van der Waals surface area contributed by atoms with Gasteiger partial charge in [0.2, 0.25) is 0 Å². The Bertz CT molecular complexity index is 624. The molecule has 1 aromatic carbocycles. The Morgan fingerprint density at radius 3 is 2.81 bits per heavy atom. The summed E-state index contributed by atoms with van der Waals surface area (Å²) >= 11 is 0. The van der Waals surface area contributed by atoms with Crippen LogP contribution in [0.3, 0.4) is 0 Å². The van der Waals surface area contributed by atoms with Crippen LogP contribution in [0.4, 0.5) is 11.4 Å². The van der Waals surface area contributed by atoms with E-state index < -0.39 is 14.8 Å². The Labute approximate surface area is 123 Å². The molecule has 0 bridgehead atoms. The normalized spacial score (nSPS) is 18.6. The van der Waals surface area contributed by atoms with Gasteiger partial charge in [-0.25, -0.2) is 8.42 Å². The molecule has 1 heterocycles. The van der Waals surface area contributed by atoms with Gasteiger partial charge in [0.05, 0.1) is 4.92 Å². The molecular weight excluding hydrogens is 294 g/mol. The lowest BCUT2D eigenvalue weighted by Crippen LogP contribution is -2.24. The molecule has 1 aromatic rings. The van der Waals surface area contributed by atoms with E-state index in [2.05, 4.69) is 10.6 Å². The highest BCUT2D eigenvalue weighted by Crippen LogP contribution is 2.31. The van der Waals surface area contributed by atoms with Gasteiger partial charge in [-0.3, -0.25) is 10.1 Å². The van der Waals surface area contributed by atoms with Crippen molar-refractivity contribution in [3.8, 4) is 0 Å². The Morgan fingerprint density at radius 2 is 2.24 bits per heavy atom. The molecule has 1 aliphatic rings. The summed E-state index contributed by atoms with van der Waals surface area (Å²) in [5.41, 5.74) is -0.125. The van der Waals surface area contributed by atoms with E-state index in [1.807, 2.05) is 0 Å². The number of nitrogens with one attached hydrogen (secondary N) is 2. The number of anilines is 1. The number of rotatable bonds is 6. The first kappa shape index (κ1) is 15.7. The second kappa shape index (κ2) is 6.40. The molecule has 0 radical (unpaired) electrons. The summed E-state index contributed by atoms with van der Waals surface area (Å²) in [5.74, 6) is 0. The Morgan fingerprint density at radius 1 is 1.48 bits per heavy atom. The van der Waals surface area contributed by atoms with Crippen molar-refractivity contribution in [2.24, 2.45) is 0 Å². The minimum Gasteiger partial charge on any atom is -0.379 e. The largest absolute Gasteiger partial charge is 0.379 e. The summed E-state index contributed by atoms with van der Waals surface area (Å²) in [6.45, 7) is 1.57. The van der Waals surface area contributed by atoms with Gasteiger partial charge in [-0.05, 0) is 37.9 Å². The third kappa shape index (κ3) is 3.92. The molecule has 0 amide bonds. The third-order valence-corrected chi connectivity index (χ3v) is 4.68. The van der Waals surface area contributed by atoms with E-state index in [4.69, 9.17) is 0 Å². The Kier molecular flexibility index (Phi) is 4.79. The quantitative estimate of drug-likeness (QED) is 0.610. The number of sulfone groups is 1. The molecule has 21 heavy (non-hydrogen) atoms. The van der Waals surface area contributed by atoms with Crippen LogP contribution in [0, 0.1) is 10.1 Å². The van der Waals surface area contributed by atoms with Crippen molar-refractivity contribution in [3.63, 3.8) is 0 Å². The molecule has 1 fully saturated rings. The lowest BCUT2D eigenvalue weighted by molar-refractivity contribution is -0.386. The summed E-state index contributed by atoms with van der Waals surface area (Å²) in [4.78, 5) is 10.3. The van der Waals surface area contributed by atoms with E-state index in [1.54, 1.807) is 0 Å². The molecule has 8 heteroatoms. The highest BCUT2D eigenvalue weighted by molar-refractivity contribution is 7.90. The highest BCUT2D eigenvalue weighted by Gasteiger charge is 2.26. The van der Waals surface area contributed by atoms with Gasteiger partial charge in [0.25, 0.3) is 0 Å². The molecule has 1 saturated heterocycles. The van der Waals surface area contributed by atoms with Gasteiger partial charge in [0.15, 0.2) is 9.84 Å². The maximum absolute atomic E-state index is 11.7. The summed E-state index contributed by atoms with van der Waals surface area (Å²) in [6.07, 6.45) is 4.07. The van der Waals surface area contributed by atoms with Gasteiger partial charge in [-0.15, -0.1) is 0 Å². The van der Waals surface area contributed by atoms with Crippen LogP contribution in [0.5, 0.6) is 0 Å². The zero-order valence-electron chi connectivity index (χ0n) is 11.8. The molecule has 0 aromatic heterocycles. The summed E-state index contributed by atoms with van der Waals surface area (Å²) in [5, 5.41) is 17.5. The van der Waals surface area contributed by atoms with Crippen molar-refractivity contribution >= 4 is 21.2 Å². The van der Waals surface area contributed by atoms with Crippen molar-refractivity contribution in [2.45, 2.75) is 30.2 Å². The van der Waals surface area contributed by atoms with Crippen LogP contribution < -0.4 is 10.6 Å². The van der Waals surface area contributed by atoms with Crippen LogP contribution in [0.25, 0.3) is 0 Å². The number of nitrogens with zero attached hydrogens (tertiary/aromatic N) is 1. The first-order chi connectivity index (χ1) is 9.89. The summed E-state index contributed by atoms with van der Waals surface area (Å²) in [7, 11) is -3.64. The van der Waals surface area contributed by atoms with E-state index in [0.717, 1.165) is 32.1 Å². The fraction of sp³-hybridized carbons (Fsp3) is 0.538. The SMILES string of the molecule is CS(=O)(=O)c1cccc(NCC[C@@H]2CCCN2)c1[N+](=O)[O-]. The minimum atomic E-state index is -3.64. The van der Waals surface area contributed by atoms with E-state index >= 15 is 0 Å². The lowest BCUT2D eigenvalue weighted by Gasteiger charge is -2.12. The highest BCUT2D eigenvalue weighted by atomic mass is 32.2. The topological polar surface area (TPSA) is 101 Å². The monoisotopic (exact) mass is 313 g/mol. The lowest BCUT2D eigenvalue weighted by atomic mass is 10.1. The van der Waals surface area contributed by atoms with Crippen LogP contribution in [-0.2, 0) is 9.84 Å². The second-order valence-corrected chi connectivity index (χ2v) is 7.17. The molecule has 0 aliphatic carbocycles. The van der Waals surface area contributed by atoms with Gasteiger partial charge < -0.3 is 10.6 Å². The smallest absolute Gasteiger partial charge is 0.310 e. The van der Waals surface area contributed by atoms with E-state index in [9.17, 15) is 18.5 Å². The average molecular weight is 313 g/mol. The molecule has 2 rings (SSSR count). The molecule has 0 unspecified atom stereocenters. The van der Waals surface area contributed by atoms with Crippen LogP contribution in [-0.4, -0.2) is 38.7 Å². The minimum absolute atomic E-state index is 0.251. The number of nitro groups is 1. The van der Waals surface area contributed by atoms with Crippen molar-refractivity contribution in [3.05, 3.63) is 28.3 Å². The van der Waals surface area contributed by atoms with Crippen LogP contribution in [0.15, 0.2) is 23.1 Å². The molecule has 1 atom stereocenters. The number of hydrogen-bond donors (Lipinski definition) is 2. The Balaban J connectivity index is 2.16. The molecule has 116 valence electrons. The standard InChI is InChI=1S/C13H19N3O4S/c1-21(19,20)12-6-2-5-11(13(12)16(17)18)15-9-7-10-4-3-8-14-10/h2,5-6,10,14-15H,3-4,7-9H2,1H3/t10-/m0/s1. The van der Waals surface area contributed by atoms with Gasteiger partial charge in [0.1, 0.15) is 10.6 Å². The first-order valence-electron chi connectivity index (χ1n) is 6.84. The van der Waals surface area contributed by atoms with E-state index in [-0.39, 0.29) is 16.3 Å². The zero-order valence-corrected chi connectivity index (χ0v) is 12.6. The fourth-order valence-electron chi connectivity index (χ4n) is 2.54. The van der Waals surface area contributed by atoms with Crippen molar-refractivity contribution in [1.82, 2.24) is 5.32 Å². The molecule has 2 N–H and O–H groups in total. The van der Waals surface area contributed by atoms with Gasteiger partial charge in [0, 0.05) is 18.8 Å². The van der Waals surface area contributed by atoms with Gasteiger partial charge in [-0.2, -0.15) is 0 Å². The predicted octanol–water partition coefficient (Wildman–Crippen LogP) is 1.55. The van der Waals surface area contributed by atoms with Crippen LogP contribution in [0.1, 0.15) is 19.3 Å². The van der Waals surface area contributed by atoms with Crippen LogP contribution >= 0.6 is 0 Å². The summed E-state index contributed by atoms with van der Waals surface area (Å²) in [6, 6.07) is 4.74. The van der Waals surface area contributed by atoms with Crippen molar-refractivity contribution < 1.29 is 13.3 Å². The van der Waals surface area contributed by atoms with Gasteiger partial charge >= 0.3 is 5.69 Å². The maximum atomic E-state index is 11.7. The Hall–Kier alpha value is -1.67. The third-order valence-electron chi connectivity index (χ3n) is 3.55. The first-order valence-corrected chi connectivity index (χ1v) is 8.73. The predicted molar refractivity (Wildman–Crippen MR) is 80.3 cm³/mol. The molecule has 7 nitrogen and oxygen atoms in total. The number of hydrogen-bond acceptors (Lipinski definition) is 6. The maximum Gasteiger partial charge on any atom is 0.310 e. The number of nitro benzene ring substituents is 1. The fourth-order valence-corrected chi connectivity index (χ4v) is 3.40. The summed E-state index contributed by atoms with van der Waals surface area (Å²) < 4.78 is 23.3. The van der Waals surface area contributed by atoms with Crippen molar-refractivity contribution in [2.75, 3.05) is 24.7 Å². The van der Waals surface area contributed by atoms with Crippen molar-refractivity contribution in [1.29, 1.82) is 0 Å². The molecular formula is C13H19N3O4S.